The van der Waals surface area contributed by atoms with Crippen LogP contribution in [-0.4, -0.2) is 85.5 Å². The molecule has 2 aromatic carbocycles. The molecule has 0 aromatic heterocycles. The van der Waals surface area contributed by atoms with E-state index in [0.29, 0.717) is 30.8 Å². The summed E-state index contributed by atoms with van der Waals surface area (Å²) < 4.78 is 42.9. The zero-order chi connectivity index (χ0) is 28.1. The minimum Gasteiger partial charge on any atom is -0.492 e. The van der Waals surface area contributed by atoms with Crippen LogP contribution < -0.4 is 4.74 Å². The van der Waals surface area contributed by atoms with Gasteiger partial charge in [0.1, 0.15) is 12.4 Å². The van der Waals surface area contributed by atoms with Crippen molar-refractivity contribution in [3.05, 3.63) is 59.2 Å². The maximum atomic E-state index is 11.2. The summed E-state index contributed by atoms with van der Waals surface area (Å²) in [7, 11) is -4.13. The molecule has 38 heavy (non-hydrogen) atoms. The summed E-state index contributed by atoms with van der Waals surface area (Å²) in [4.78, 5) is 14.7. The number of nitriles is 1. The average Bonchev–Trinajstić information content (AvgIpc) is 2.83. The van der Waals surface area contributed by atoms with Gasteiger partial charge in [0.15, 0.2) is 0 Å². The second-order valence-corrected chi connectivity index (χ2v) is 11.9. The monoisotopic (exact) mass is 545 g/mol. The van der Waals surface area contributed by atoms with Crippen LogP contribution in [0, 0.1) is 18.3 Å². The lowest BCUT2D eigenvalue weighted by Gasteiger charge is -2.44. The molecule has 2 saturated heterocycles. The number of benzene rings is 2. The second-order valence-electron chi connectivity index (χ2n) is 10.5. The van der Waals surface area contributed by atoms with Gasteiger partial charge in [-0.05, 0) is 48.2 Å². The Morgan fingerprint density at radius 3 is 2.21 bits per heavy atom. The van der Waals surface area contributed by atoms with Crippen LogP contribution in [0.5, 0.6) is 5.75 Å². The van der Waals surface area contributed by atoms with Crippen molar-refractivity contribution < 1.29 is 32.3 Å². The van der Waals surface area contributed by atoms with Crippen molar-refractivity contribution in [1.29, 1.82) is 5.26 Å². The Hall–Kier alpha value is -3.17. The minimum absolute atomic E-state index is 0.000556. The van der Waals surface area contributed by atoms with E-state index in [2.05, 4.69) is 11.0 Å². The van der Waals surface area contributed by atoms with E-state index in [4.69, 9.17) is 24.4 Å². The maximum absolute atomic E-state index is 11.2. The molecule has 10 nitrogen and oxygen atoms in total. The summed E-state index contributed by atoms with van der Waals surface area (Å²) in [5.41, 5.74) is 1.93. The predicted octanol–water partition coefficient (Wildman–Crippen LogP) is 3.54. The summed E-state index contributed by atoms with van der Waals surface area (Å²) in [6.07, 6.45) is -0.997. The number of hydrogen-bond donors (Lipinski definition) is 2. The molecule has 0 spiro atoms. The molecule has 206 valence electrons. The van der Waals surface area contributed by atoms with Crippen molar-refractivity contribution in [1.82, 2.24) is 9.80 Å². The summed E-state index contributed by atoms with van der Waals surface area (Å²) >= 11 is 0. The van der Waals surface area contributed by atoms with Crippen LogP contribution in [0.3, 0.4) is 0 Å². The molecular weight excluding hydrogens is 510 g/mol. The maximum Gasteiger partial charge on any atom is 0.407 e. The zero-order valence-electron chi connectivity index (χ0n) is 22.1. The van der Waals surface area contributed by atoms with Crippen molar-refractivity contribution >= 4 is 16.2 Å². The van der Waals surface area contributed by atoms with E-state index in [9.17, 15) is 13.2 Å². The van der Waals surface area contributed by atoms with Gasteiger partial charge in [-0.2, -0.15) is 13.7 Å². The van der Waals surface area contributed by atoms with Crippen LogP contribution in [0.25, 0.3) is 0 Å². The Labute approximate surface area is 224 Å². The highest BCUT2D eigenvalue weighted by molar-refractivity contribution is 7.85. The van der Waals surface area contributed by atoms with Gasteiger partial charge in [-0.15, -0.1) is 0 Å². The average molecular weight is 546 g/mol. The molecule has 2 aliphatic rings. The Kier molecular flexibility index (Phi) is 9.38. The minimum atomic E-state index is -4.13. The topological polar surface area (TPSA) is 140 Å². The molecule has 2 N–H and O–H groups in total. The first-order valence-electron chi connectivity index (χ1n) is 12.3. The third-order valence-corrected chi connectivity index (χ3v) is 7.22. The lowest BCUT2D eigenvalue weighted by atomic mass is 9.86. The molecule has 2 aliphatic heterocycles. The largest absolute Gasteiger partial charge is 0.492 e. The van der Waals surface area contributed by atoms with Crippen LogP contribution in [0.2, 0.25) is 0 Å². The second kappa shape index (κ2) is 12.1. The summed E-state index contributed by atoms with van der Waals surface area (Å²) in [5.74, 6) is 0.745. The molecular formula is C27H35N3O7S. The van der Waals surface area contributed by atoms with Crippen molar-refractivity contribution in [2.24, 2.45) is 0 Å². The molecule has 11 heteroatoms. The van der Waals surface area contributed by atoms with Crippen molar-refractivity contribution in [2.75, 3.05) is 39.3 Å². The normalized spacial score (nSPS) is 19.6. The van der Waals surface area contributed by atoms with Gasteiger partial charge in [0.25, 0.3) is 10.1 Å². The first-order chi connectivity index (χ1) is 17.8. The SMILES string of the molecule is Cc1ccc(S(=O)(=O)O)c(C(C)(C)C)c1.N#Cc1ccc(OCCN2CC3CN(C(=O)O)CC(C2)O3)cc1. The van der Waals surface area contributed by atoms with Crippen molar-refractivity contribution in [3.63, 3.8) is 0 Å². The summed E-state index contributed by atoms with van der Waals surface area (Å²) in [5, 5.41) is 17.8. The van der Waals surface area contributed by atoms with E-state index < -0.39 is 16.2 Å². The Balaban J connectivity index is 0.000000232. The van der Waals surface area contributed by atoms with Crippen LogP contribution in [0.15, 0.2) is 47.4 Å². The lowest BCUT2D eigenvalue weighted by molar-refractivity contribution is -0.132. The highest BCUT2D eigenvalue weighted by Crippen LogP contribution is 2.29. The van der Waals surface area contributed by atoms with Gasteiger partial charge < -0.3 is 19.5 Å². The number of fused-ring (bicyclic) bond motifs is 2. The fourth-order valence-electron chi connectivity index (χ4n) is 4.49. The number of rotatable bonds is 5. The fraction of sp³-hybridized carbons (Fsp3) is 0.481. The van der Waals surface area contributed by atoms with E-state index in [0.717, 1.165) is 30.9 Å². The van der Waals surface area contributed by atoms with Gasteiger partial charge in [0, 0.05) is 19.6 Å². The van der Waals surface area contributed by atoms with E-state index in [1.54, 1.807) is 36.4 Å². The van der Waals surface area contributed by atoms with Gasteiger partial charge in [0.2, 0.25) is 0 Å². The molecule has 0 radical (unpaired) electrons. The van der Waals surface area contributed by atoms with Crippen LogP contribution in [-0.2, 0) is 20.3 Å². The van der Waals surface area contributed by atoms with E-state index >= 15 is 0 Å². The number of ether oxygens (including phenoxy) is 2. The Morgan fingerprint density at radius 1 is 1.11 bits per heavy atom. The highest BCUT2D eigenvalue weighted by atomic mass is 32.2. The fourth-order valence-corrected chi connectivity index (χ4v) is 5.37. The number of amides is 1. The predicted molar refractivity (Wildman–Crippen MR) is 141 cm³/mol. The van der Waals surface area contributed by atoms with Crippen LogP contribution >= 0.6 is 0 Å². The quantitative estimate of drug-likeness (QED) is 0.540. The third kappa shape index (κ3) is 8.16. The van der Waals surface area contributed by atoms with Gasteiger partial charge >= 0.3 is 6.09 Å². The van der Waals surface area contributed by atoms with Gasteiger partial charge in [-0.1, -0.05) is 38.5 Å². The first-order valence-corrected chi connectivity index (χ1v) is 13.8. The van der Waals surface area contributed by atoms with E-state index in [1.807, 2.05) is 27.7 Å². The first kappa shape index (κ1) is 29.4. The number of hydrogen-bond acceptors (Lipinski definition) is 7. The van der Waals surface area contributed by atoms with E-state index in [-0.39, 0.29) is 22.5 Å². The molecule has 2 atom stereocenters. The molecule has 0 saturated carbocycles. The molecule has 1 amide bonds. The molecule has 2 bridgehead atoms. The number of morpholine rings is 2. The third-order valence-electron chi connectivity index (χ3n) is 6.31. The van der Waals surface area contributed by atoms with Gasteiger partial charge in [-0.25, -0.2) is 4.79 Å². The molecule has 2 aromatic rings. The summed E-state index contributed by atoms with van der Waals surface area (Å²) in [6, 6.07) is 14.0. The van der Waals surface area contributed by atoms with Crippen molar-refractivity contribution in [2.45, 2.75) is 50.2 Å². The molecule has 2 fully saturated rings. The molecule has 0 aliphatic carbocycles. The molecule has 4 rings (SSSR count). The molecule has 2 unspecified atom stereocenters. The molecule has 2 heterocycles. The highest BCUT2D eigenvalue weighted by Gasteiger charge is 2.36. The van der Waals surface area contributed by atoms with Gasteiger partial charge in [0.05, 0.1) is 41.8 Å². The van der Waals surface area contributed by atoms with E-state index in [1.165, 1.54) is 11.0 Å². The smallest absolute Gasteiger partial charge is 0.407 e. The Bertz CT molecular complexity index is 1250. The zero-order valence-corrected chi connectivity index (χ0v) is 22.9. The summed E-state index contributed by atoms with van der Waals surface area (Å²) in [6.45, 7) is 11.2. The number of nitrogens with zero attached hydrogens (tertiary/aromatic N) is 3. The number of carboxylic acid groups (broad SMARTS) is 1. The lowest BCUT2D eigenvalue weighted by Crippen LogP contribution is -2.60. The van der Waals surface area contributed by atoms with Crippen LogP contribution in [0.1, 0.15) is 37.5 Å². The van der Waals surface area contributed by atoms with Crippen LogP contribution in [0.4, 0.5) is 4.79 Å². The van der Waals surface area contributed by atoms with Crippen molar-refractivity contribution in [3.8, 4) is 11.8 Å². The van der Waals surface area contributed by atoms with Gasteiger partial charge in [-0.3, -0.25) is 9.45 Å². The number of carbonyl (C=O) groups is 1. The Morgan fingerprint density at radius 2 is 1.71 bits per heavy atom. The standard InChI is InChI=1S/C16H19N3O4.C11H16O3S/c17-7-12-1-3-13(4-2-12)22-6-5-18-8-14-10-19(16(20)21)11-15(9-18)23-14;1-8-5-6-10(15(12,13)14)9(7-8)11(2,3)4/h1-4,14-15H,5-6,8-11H2,(H,20,21);5-7H,1-4H3,(H,12,13,14). The number of aryl methyl sites for hydroxylation is 1.